The number of nitrogen functional groups attached to an aromatic ring is 1. The first-order chi connectivity index (χ1) is 15.0. The van der Waals surface area contributed by atoms with Gasteiger partial charge in [0.05, 0.1) is 11.9 Å². The lowest BCUT2D eigenvalue weighted by molar-refractivity contribution is -0.115. The number of carbonyl (C=O) groups excluding carboxylic acids is 1. The second-order valence-electron chi connectivity index (χ2n) is 7.98. The first-order valence-corrected chi connectivity index (χ1v) is 10.3. The maximum atomic E-state index is 13.6. The first-order valence-electron chi connectivity index (χ1n) is 10.3. The molecule has 2 heterocycles. The largest absolute Gasteiger partial charge is 0.382 e. The van der Waals surface area contributed by atoms with Crippen LogP contribution in [0.25, 0.3) is 16.7 Å². The zero-order valence-corrected chi connectivity index (χ0v) is 17.2. The number of nitrogens with one attached hydrogen (secondary N) is 1. The minimum absolute atomic E-state index is 0.115. The standard InChI is InChI=1S/C24H22FN5O/c1-14-9-15(11-16(25)10-14)12-21(31)29-17-5-7-18(8-6-17)30-20-4-2-3-19(20)22-23(30)24(26)28-13-27-22/h5-11,13H,2-4,12H2,1H3,(H,29,31)(H2,26,27,28). The van der Waals surface area contributed by atoms with E-state index in [2.05, 4.69) is 19.9 Å². The van der Waals surface area contributed by atoms with Crippen LogP contribution in [0.15, 0.2) is 48.8 Å². The molecular weight excluding hydrogens is 393 g/mol. The van der Waals surface area contributed by atoms with E-state index in [1.807, 2.05) is 37.3 Å². The van der Waals surface area contributed by atoms with Gasteiger partial charge in [0.1, 0.15) is 17.7 Å². The van der Waals surface area contributed by atoms with Gasteiger partial charge in [0.2, 0.25) is 5.91 Å². The number of aromatic nitrogens is 3. The summed E-state index contributed by atoms with van der Waals surface area (Å²) in [5.74, 6) is -0.0632. The molecule has 6 nitrogen and oxygen atoms in total. The molecule has 0 saturated heterocycles. The van der Waals surface area contributed by atoms with E-state index >= 15 is 0 Å². The van der Waals surface area contributed by atoms with Gasteiger partial charge >= 0.3 is 0 Å². The summed E-state index contributed by atoms with van der Waals surface area (Å²) in [6.07, 6.45) is 4.68. The molecule has 4 aromatic rings. The van der Waals surface area contributed by atoms with Gasteiger partial charge in [-0.05, 0) is 79.3 Å². The van der Waals surface area contributed by atoms with Gasteiger partial charge in [-0.2, -0.15) is 0 Å². The Morgan fingerprint density at radius 2 is 1.97 bits per heavy atom. The number of fused-ring (bicyclic) bond motifs is 3. The molecule has 3 N–H and O–H groups in total. The fraction of sp³-hybridized carbons (Fsp3) is 0.208. The highest BCUT2D eigenvalue weighted by Crippen LogP contribution is 2.36. The summed E-state index contributed by atoms with van der Waals surface area (Å²) >= 11 is 0. The van der Waals surface area contributed by atoms with Crippen LogP contribution in [0.2, 0.25) is 0 Å². The van der Waals surface area contributed by atoms with E-state index in [4.69, 9.17) is 5.73 Å². The fourth-order valence-electron chi connectivity index (χ4n) is 4.48. The number of carbonyl (C=O) groups is 1. The molecule has 1 aliphatic carbocycles. The van der Waals surface area contributed by atoms with Crippen molar-refractivity contribution in [3.05, 3.63) is 77.0 Å². The van der Waals surface area contributed by atoms with Gasteiger partial charge in [-0.1, -0.05) is 6.07 Å². The monoisotopic (exact) mass is 415 g/mol. The minimum atomic E-state index is -0.332. The van der Waals surface area contributed by atoms with Gasteiger partial charge in [-0.15, -0.1) is 0 Å². The number of nitrogens with two attached hydrogens (primary N) is 1. The molecule has 1 amide bonds. The summed E-state index contributed by atoms with van der Waals surface area (Å²) in [6.45, 7) is 1.81. The fourth-order valence-corrected chi connectivity index (χ4v) is 4.48. The van der Waals surface area contributed by atoms with Crippen LogP contribution < -0.4 is 11.1 Å². The number of hydrogen-bond donors (Lipinski definition) is 2. The average molecular weight is 415 g/mol. The minimum Gasteiger partial charge on any atom is -0.382 e. The molecule has 2 aromatic carbocycles. The second-order valence-corrected chi connectivity index (χ2v) is 7.98. The van der Waals surface area contributed by atoms with Crippen molar-refractivity contribution in [3.8, 4) is 5.69 Å². The van der Waals surface area contributed by atoms with Crippen LogP contribution in [0.3, 0.4) is 0 Å². The van der Waals surface area contributed by atoms with Crippen LogP contribution in [-0.4, -0.2) is 20.4 Å². The molecule has 0 bridgehead atoms. The van der Waals surface area contributed by atoms with Gasteiger partial charge < -0.3 is 15.6 Å². The van der Waals surface area contributed by atoms with Crippen LogP contribution in [0, 0.1) is 12.7 Å². The second kappa shape index (κ2) is 7.50. The third-order valence-electron chi connectivity index (χ3n) is 5.69. The SMILES string of the molecule is Cc1cc(F)cc(CC(=O)Nc2ccc(-n3c4c(c5ncnc(N)c53)CCC4)cc2)c1. The van der Waals surface area contributed by atoms with E-state index in [1.165, 1.54) is 29.7 Å². The molecule has 5 rings (SSSR count). The summed E-state index contributed by atoms with van der Waals surface area (Å²) in [4.78, 5) is 21.1. The number of aryl methyl sites for hydroxylation is 2. The van der Waals surface area contributed by atoms with E-state index in [0.717, 1.165) is 41.5 Å². The van der Waals surface area contributed by atoms with Crippen LogP contribution in [0.1, 0.15) is 28.8 Å². The van der Waals surface area contributed by atoms with Crippen molar-refractivity contribution >= 4 is 28.4 Å². The lowest BCUT2D eigenvalue weighted by Crippen LogP contribution is -2.14. The molecule has 2 aromatic heterocycles. The Hall–Kier alpha value is -3.74. The zero-order valence-electron chi connectivity index (χ0n) is 17.2. The Morgan fingerprint density at radius 1 is 1.16 bits per heavy atom. The molecular formula is C24H22FN5O. The van der Waals surface area contributed by atoms with Crippen molar-refractivity contribution in [1.82, 2.24) is 14.5 Å². The molecule has 0 saturated carbocycles. The number of hydrogen-bond acceptors (Lipinski definition) is 4. The molecule has 0 radical (unpaired) electrons. The van der Waals surface area contributed by atoms with Crippen molar-refractivity contribution in [3.63, 3.8) is 0 Å². The van der Waals surface area contributed by atoms with Crippen molar-refractivity contribution in [1.29, 1.82) is 0 Å². The van der Waals surface area contributed by atoms with Gasteiger partial charge in [-0.3, -0.25) is 4.79 Å². The molecule has 0 aliphatic heterocycles. The zero-order chi connectivity index (χ0) is 21.5. The van der Waals surface area contributed by atoms with Gasteiger partial charge in [0.25, 0.3) is 0 Å². The first kappa shape index (κ1) is 19.2. The summed E-state index contributed by atoms with van der Waals surface area (Å²) in [7, 11) is 0. The van der Waals surface area contributed by atoms with Crippen LogP contribution >= 0.6 is 0 Å². The highest BCUT2D eigenvalue weighted by molar-refractivity contribution is 5.93. The van der Waals surface area contributed by atoms with Crippen LogP contribution in [0.4, 0.5) is 15.9 Å². The van der Waals surface area contributed by atoms with Gasteiger partial charge in [-0.25, -0.2) is 14.4 Å². The Balaban J connectivity index is 1.41. The predicted molar refractivity (Wildman–Crippen MR) is 119 cm³/mol. The molecule has 31 heavy (non-hydrogen) atoms. The molecule has 0 atom stereocenters. The Bertz CT molecular complexity index is 1290. The van der Waals surface area contributed by atoms with Gasteiger partial charge in [0.15, 0.2) is 5.82 Å². The van der Waals surface area contributed by atoms with E-state index in [1.54, 1.807) is 0 Å². The van der Waals surface area contributed by atoms with Crippen LogP contribution in [-0.2, 0) is 24.1 Å². The smallest absolute Gasteiger partial charge is 0.228 e. The predicted octanol–water partition coefficient (Wildman–Crippen LogP) is 4.12. The number of amides is 1. The van der Waals surface area contributed by atoms with Crippen molar-refractivity contribution in [2.24, 2.45) is 0 Å². The summed E-state index contributed by atoms with van der Waals surface area (Å²) < 4.78 is 15.7. The highest BCUT2D eigenvalue weighted by Gasteiger charge is 2.25. The third kappa shape index (κ3) is 3.52. The maximum Gasteiger partial charge on any atom is 0.228 e. The third-order valence-corrected chi connectivity index (χ3v) is 5.69. The molecule has 0 spiro atoms. The van der Waals surface area contributed by atoms with Crippen molar-refractivity contribution in [2.45, 2.75) is 32.6 Å². The Kier molecular flexibility index (Phi) is 4.66. The topological polar surface area (TPSA) is 85.8 Å². The van der Waals surface area contributed by atoms with Crippen LogP contribution in [0.5, 0.6) is 0 Å². The summed E-state index contributed by atoms with van der Waals surface area (Å²) in [5.41, 5.74) is 13.5. The molecule has 0 unspecified atom stereocenters. The molecule has 156 valence electrons. The molecule has 0 fully saturated rings. The number of benzene rings is 2. The van der Waals surface area contributed by atoms with E-state index in [0.29, 0.717) is 17.1 Å². The summed E-state index contributed by atoms with van der Waals surface area (Å²) in [6, 6.07) is 12.3. The number of anilines is 2. The normalized spacial score (nSPS) is 12.8. The van der Waals surface area contributed by atoms with E-state index in [-0.39, 0.29) is 18.1 Å². The number of rotatable bonds is 4. The summed E-state index contributed by atoms with van der Waals surface area (Å²) in [5, 5.41) is 2.88. The molecule has 1 aliphatic rings. The van der Waals surface area contributed by atoms with Crippen molar-refractivity contribution in [2.75, 3.05) is 11.1 Å². The number of nitrogens with zero attached hydrogens (tertiary/aromatic N) is 3. The Labute approximate surface area is 178 Å². The lowest BCUT2D eigenvalue weighted by Gasteiger charge is -2.12. The van der Waals surface area contributed by atoms with E-state index in [9.17, 15) is 9.18 Å². The molecule has 7 heteroatoms. The van der Waals surface area contributed by atoms with Crippen molar-refractivity contribution < 1.29 is 9.18 Å². The maximum absolute atomic E-state index is 13.6. The Morgan fingerprint density at radius 3 is 2.74 bits per heavy atom. The average Bonchev–Trinajstić information content (AvgIpc) is 3.30. The lowest BCUT2D eigenvalue weighted by atomic mass is 10.1. The quantitative estimate of drug-likeness (QED) is 0.525. The number of halogens is 1. The van der Waals surface area contributed by atoms with Gasteiger partial charge in [0, 0.05) is 17.1 Å². The van der Waals surface area contributed by atoms with E-state index < -0.39 is 0 Å². The highest BCUT2D eigenvalue weighted by atomic mass is 19.1.